The number of halogens is 1. The van der Waals surface area contributed by atoms with E-state index in [1.54, 1.807) is 10.6 Å². The van der Waals surface area contributed by atoms with Crippen molar-refractivity contribution in [2.24, 2.45) is 0 Å². The Morgan fingerprint density at radius 2 is 2.00 bits per heavy atom. The third-order valence-corrected chi connectivity index (χ3v) is 4.10. The number of benzene rings is 1. The van der Waals surface area contributed by atoms with Crippen LogP contribution in [0.3, 0.4) is 0 Å². The number of nitrogens with one attached hydrogen (secondary N) is 1. The van der Waals surface area contributed by atoms with Crippen LogP contribution in [-0.4, -0.2) is 40.8 Å². The second-order valence-electron chi connectivity index (χ2n) is 5.76. The molecule has 3 aromatic rings. The van der Waals surface area contributed by atoms with Gasteiger partial charge in [0, 0.05) is 50.6 Å². The van der Waals surface area contributed by atoms with Gasteiger partial charge in [-0.05, 0) is 23.8 Å². The molecule has 0 bridgehead atoms. The summed E-state index contributed by atoms with van der Waals surface area (Å²) >= 11 is 0. The summed E-state index contributed by atoms with van der Waals surface area (Å²) in [5.74, 6) is 0.473. The lowest BCUT2D eigenvalue weighted by molar-refractivity contribution is 0.589. The molecule has 0 amide bonds. The van der Waals surface area contributed by atoms with Gasteiger partial charge in [0.2, 0.25) is 0 Å². The van der Waals surface area contributed by atoms with E-state index in [9.17, 15) is 4.39 Å². The highest BCUT2D eigenvalue weighted by Gasteiger charge is 2.12. The number of pyridine rings is 1. The Hall–Kier alpha value is -2.47. The van der Waals surface area contributed by atoms with E-state index in [2.05, 4.69) is 32.4 Å². The molecular weight excluding hydrogens is 293 g/mol. The van der Waals surface area contributed by atoms with Gasteiger partial charge in [-0.25, -0.2) is 13.9 Å². The van der Waals surface area contributed by atoms with Crippen molar-refractivity contribution < 1.29 is 4.39 Å². The van der Waals surface area contributed by atoms with Crippen LogP contribution in [0, 0.1) is 5.82 Å². The summed E-state index contributed by atoms with van der Waals surface area (Å²) < 4.78 is 15.1. The molecule has 0 atom stereocenters. The van der Waals surface area contributed by atoms with Crippen molar-refractivity contribution in [2.45, 2.75) is 6.42 Å². The number of hydrogen-bond donors (Lipinski definition) is 1. The quantitative estimate of drug-likeness (QED) is 0.802. The monoisotopic (exact) mass is 311 g/mol. The minimum atomic E-state index is -0.229. The average molecular weight is 311 g/mol. The first kappa shape index (κ1) is 14.1. The highest BCUT2D eigenvalue weighted by Crippen LogP contribution is 2.17. The van der Waals surface area contributed by atoms with Crippen LogP contribution < -0.4 is 10.2 Å². The molecule has 1 saturated heterocycles. The van der Waals surface area contributed by atoms with Gasteiger partial charge >= 0.3 is 0 Å². The molecule has 1 aromatic carbocycles. The smallest absolute Gasteiger partial charge is 0.157 e. The van der Waals surface area contributed by atoms with Crippen molar-refractivity contribution in [2.75, 3.05) is 31.1 Å². The minimum Gasteiger partial charge on any atom is -0.369 e. The first-order chi connectivity index (χ1) is 11.3. The van der Waals surface area contributed by atoms with Crippen LogP contribution in [0.25, 0.3) is 5.65 Å². The highest BCUT2D eigenvalue weighted by molar-refractivity contribution is 5.56. The maximum atomic E-state index is 13.3. The number of hydrogen-bond acceptors (Lipinski definition) is 4. The number of aromatic nitrogens is 3. The van der Waals surface area contributed by atoms with Crippen molar-refractivity contribution in [1.29, 1.82) is 0 Å². The van der Waals surface area contributed by atoms with Crippen LogP contribution in [0.1, 0.15) is 11.4 Å². The largest absolute Gasteiger partial charge is 0.369 e. The molecule has 1 aliphatic heterocycles. The maximum absolute atomic E-state index is 13.3. The van der Waals surface area contributed by atoms with Crippen LogP contribution >= 0.6 is 0 Å². The predicted molar refractivity (Wildman–Crippen MR) is 87.3 cm³/mol. The molecule has 3 heterocycles. The zero-order chi connectivity index (χ0) is 15.6. The molecule has 118 valence electrons. The van der Waals surface area contributed by atoms with Gasteiger partial charge in [0.15, 0.2) is 11.5 Å². The summed E-state index contributed by atoms with van der Waals surface area (Å²) in [4.78, 5) is 6.92. The Labute approximate surface area is 133 Å². The molecule has 1 aliphatic rings. The lowest BCUT2D eigenvalue weighted by Gasteiger charge is -2.29. The first-order valence-corrected chi connectivity index (χ1v) is 7.83. The van der Waals surface area contributed by atoms with E-state index in [-0.39, 0.29) is 5.82 Å². The molecule has 5 nitrogen and oxygen atoms in total. The summed E-state index contributed by atoms with van der Waals surface area (Å²) in [6.07, 6.45) is 2.47. The summed E-state index contributed by atoms with van der Waals surface area (Å²) in [6.45, 7) is 4.01. The Balaban J connectivity index is 1.60. The first-order valence-electron chi connectivity index (χ1n) is 7.83. The molecule has 1 fully saturated rings. The van der Waals surface area contributed by atoms with Gasteiger partial charge in [0.05, 0.1) is 0 Å². The van der Waals surface area contributed by atoms with Gasteiger partial charge < -0.3 is 10.2 Å². The van der Waals surface area contributed by atoms with Gasteiger partial charge in [-0.3, -0.25) is 0 Å². The number of rotatable bonds is 3. The number of nitrogens with zero attached hydrogens (tertiary/aromatic N) is 4. The second-order valence-corrected chi connectivity index (χ2v) is 5.76. The fourth-order valence-electron chi connectivity index (χ4n) is 2.94. The topological polar surface area (TPSA) is 45.5 Å². The molecular formula is C17H18FN5. The number of piperazine rings is 1. The van der Waals surface area contributed by atoms with E-state index >= 15 is 0 Å². The zero-order valence-corrected chi connectivity index (χ0v) is 12.7. The van der Waals surface area contributed by atoms with E-state index in [0.717, 1.165) is 37.4 Å². The van der Waals surface area contributed by atoms with Crippen molar-refractivity contribution >= 4 is 11.3 Å². The molecule has 1 N–H and O–H groups in total. The molecule has 0 spiro atoms. The SMILES string of the molecule is Fc1cccc(Cc2nc3cc(N4CCNCC4)ccn3n2)c1. The van der Waals surface area contributed by atoms with Crippen LogP contribution in [0.2, 0.25) is 0 Å². The van der Waals surface area contributed by atoms with Gasteiger partial charge in [-0.15, -0.1) is 0 Å². The molecule has 2 aromatic heterocycles. The zero-order valence-electron chi connectivity index (χ0n) is 12.7. The fraction of sp³-hybridized carbons (Fsp3) is 0.294. The van der Waals surface area contributed by atoms with Gasteiger partial charge in [-0.1, -0.05) is 12.1 Å². The van der Waals surface area contributed by atoms with Crippen LogP contribution in [0.5, 0.6) is 0 Å². The lowest BCUT2D eigenvalue weighted by Crippen LogP contribution is -2.43. The van der Waals surface area contributed by atoms with E-state index in [1.165, 1.54) is 17.8 Å². The minimum absolute atomic E-state index is 0.229. The molecule has 6 heteroatoms. The number of anilines is 1. The van der Waals surface area contributed by atoms with Gasteiger partial charge in [0.25, 0.3) is 0 Å². The standard InChI is InChI=1S/C17H18FN5/c18-14-3-1-2-13(10-14)11-16-20-17-12-15(4-7-23(17)21-16)22-8-5-19-6-9-22/h1-4,7,10,12,19H,5-6,8-9,11H2. The van der Waals surface area contributed by atoms with Crippen molar-refractivity contribution in [3.63, 3.8) is 0 Å². The van der Waals surface area contributed by atoms with E-state index in [0.29, 0.717) is 12.2 Å². The Morgan fingerprint density at radius 3 is 2.83 bits per heavy atom. The van der Waals surface area contributed by atoms with Crippen molar-refractivity contribution in [3.05, 3.63) is 59.8 Å². The third-order valence-electron chi connectivity index (χ3n) is 4.10. The molecule has 23 heavy (non-hydrogen) atoms. The molecule has 0 aliphatic carbocycles. The Morgan fingerprint density at radius 1 is 1.13 bits per heavy atom. The van der Waals surface area contributed by atoms with Crippen molar-refractivity contribution in [3.8, 4) is 0 Å². The number of fused-ring (bicyclic) bond motifs is 1. The molecule has 0 radical (unpaired) electrons. The van der Waals surface area contributed by atoms with Crippen LogP contribution in [0.15, 0.2) is 42.6 Å². The Kier molecular flexibility index (Phi) is 3.67. The van der Waals surface area contributed by atoms with E-state index < -0.39 is 0 Å². The van der Waals surface area contributed by atoms with Crippen LogP contribution in [0.4, 0.5) is 10.1 Å². The maximum Gasteiger partial charge on any atom is 0.157 e. The summed E-state index contributed by atoms with van der Waals surface area (Å²) in [5, 5.41) is 7.83. The summed E-state index contributed by atoms with van der Waals surface area (Å²) in [5.41, 5.74) is 2.87. The summed E-state index contributed by atoms with van der Waals surface area (Å²) in [7, 11) is 0. The van der Waals surface area contributed by atoms with E-state index in [1.807, 2.05) is 12.3 Å². The molecule has 0 saturated carbocycles. The Bertz CT molecular complexity index is 823. The van der Waals surface area contributed by atoms with Gasteiger partial charge in [0.1, 0.15) is 5.82 Å². The van der Waals surface area contributed by atoms with E-state index in [4.69, 9.17) is 0 Å². The molecule has 0 unspecified atom stereocenters. The predicted octanol–water partition coefficient (Wildman–Crippen LogP) is 1.87. The normalized spacial score (nSPS) is 15.3. The van der Waals surface area contributed by atoms with Crippen molar-refractivity contribution in [1.82, 2.24) is 19.9 Å². The second kappa shape index (κ2) is 5.96. The van der Waals surface area contributed by atoms with Gasteiger partial charge in [-0.2, -0.15) is 5.10 Å². The highest BCUT2D eigenvalue weighted by atomic mass is 19.1. The fourth-order valence-corrected chi connectivity index (χ4v) is 2.94. The third kappa shape index (κ3) is 3.03. The average Bonchev–Trinajstić information content (AvgIpc) is 2.97. The lowest BCUT2D eigenvalue weighted by atomic mass is 10.1. The van der Waals surface area contributed by atoms with Crippen LogP contribution in [-0.2, 0) is 6.42 Å². The summed E-state index contributed by atoms with van der Waals surface area (Å²) in [6, 6.07) is 10.7. The molecule has 4 rings (SSSR count).